The molecule has 0 saturated carbocycles. The molecular formula is C17H20N2O2S. The topological polar surface area (TPSA) is 51.2 Å². The van der Waals surface area contributed by atoms with Gasteiger partial charge in [0.1, 0.15) is 6.10 Å². The Bertz CT molecular complexity index is 658. The summed E-state index contributed by atoms with van der Waals surface area (Å²) >= 11 is 1.51. The number of anilines is 1. The van der Waals surface area contributed by atoms with E-state index in [1.165, 1.54) is 16.9 Å². The highest BCUT2D eigenvalue weighted by atomic mass is 32.1. The number of hydrogen-bond donors (Lipinski definition) is 1. The maximum absolute atomic E-state index is 12.1. The Morgan fingerprint density at radius 1 is 1.41 bits per heavy atom. The zero-order valence-corrected chi connectivity index (χ0v) is 13.7. The highest BCUT2D eigenvalue weighted by molar-refractivity contribution is 7.16. The average molecular weight is 316 g/mol. The van der Waals surface area contributed by atoms with E-state index in [2.05, 4.69) is 41.5 Å². The highest BCUT2D eigenvalue weighted by Crippen LogP contribution is 2.31. The molecule has 22 heavy (non-hydrogen) atoms. The molecule has 1 saturated heterocycles. The van der Waals surface area contributed by atoms with Gasteiger partial charge >= 0.3 is 0 Å². The second kappa shape index (κ2) is 6.58. The molecule has 0 radical (unpaired) electrons. The van der Waals surface area contributed by atoms with Crippen molar-refractivity contribution in [2.75, 3.05) is 11.9 Å². The third kappa shape index (κ3) is 3.20. The molecule has 1 aliphatic heterocycles. The standard InChI is InChI=1S/C17H20N2O2S/c1-3-12-6-8-13(9-7-12)15-11(2)22-17(18-15)19-16(20)14-5-4-10-21-14/h6-9,14H,3-5,10H2,1-2H3,(H,18,19,20)/t14-/m1/s1. The van der Waals surface area contributed by atoms with Crippen molar-refractivity contribution in [3.05, 3.63) is 34.7 Å². The summed E-state index contributed by atoms with van der Waals surface area (Å²) < 4.78 is 5.40. The summed E-state index contributed by atoms with van der Waals surface area (Å²) in [5.41, 5.74) is 3.34. The van der Waals surface area contributed by atoms with Crippen molar-refractivity contribution < 1.29 is 9.53 Å². The van der Waals surface area contributed by atoms with E-state index in [1.807, 2.05) is 6.92 Å². The van der Waals surface area contributed by atoms with E-state index in [-0.39, 0.29) is 12.0 Å². The molecule has 1 aliphatic rings. The summed E-state index contributed by atoms with van der Waals surface area (Å²) in [4.78, 5) is 17.8. The van der Waals surface area contributed by atoms with Crippen molar-refractivity contribution >= 4 is 22.4 Å². The Morgan fingerprint density at radius 2 is 2.18 bits per heavy atom. The number of carbonyl (C=O) groups is 1. The molecule has 1 aromatic carbocycles. The number of nitrogens with one attached hydrogen (secondary N) is 1. The molecule has 116 valence electrons. The Hall–Kier alpha value is -1.72. The van der Waals surface area contributed by atoms with Crippen LogP contribution in [-0.2, 0) is 16.0 Å². The summed E-state index contributed by atoms with van der Waals surface area (Å²) in [5, 5.41) is 3.53. The minimum absolute atomic E-state index is 0.0841. The second-order valence-corrected chi connectivity index (χ2v) is 6.67. The van der Waals surface area contributed by atoms with Crippen LogP contribution in [0.25, 0.3) is 11.3 Å². The Morgan fingerprint density at radius 3 is 2.82 bits per heavy atom. The fourth-order valence-electron chi connectivity index (χ4n) is 2.59. The van der Waals surface area contributed by atoms with Crippen LogP contribution in [0.15, 0.2) is 24.3 Å². The first-order valence-electron chi connectivity index (χ1n) is 7.66. The lowest BCUT2D eigenvalue weighted by Gasteiger charge is -2.07. The first kappa shape index (κ1) is 15.2. The molecule has 1 N–H and O–H groups in total. The largest absolute Gasteiger partial charge is 0.368 e. The lowest BCUT2D eigenvalue weighted by atomic mass is 10.1. The molecule has 2 heterocycles. The second-order valence-electron chi connectivity index (χ2n) is 5.47. The van der Waals surface area contributed by atoms with Gasteiger partial charge in [0.15, 0.2) is 5.13 Å². The number of aryl methyl sites for hydroxylation is 2. The quantitative estimate of drug-likeness (QED) is 0.933. The Labute approximate surface area is 134 Å². The van der Waals surface area contributed by atoms with Gasteiger partial charge in [0.25, 0.3) is 5.91 Å². The van der Waals surface area contributed by atoms with Crippen LogP contribution in [0.2, 0.25) is 0 Å². The Balaban J connectivity index is 1.76. The first-order valence-corrected chi connectivity index (χ1v) is 8.48. The van der Waals surface area contributed by atoms with E-state index in [1.54, 1.807) is 0 Å². The van der Waals surface area contributed by atoms with Crippen molar-refractivity contribution in [3.63, 3.8) is 0 Å². The van der Waals surface area contributed by atoms with Gasteiger partial charge in [-0.25, -0.2) is 4.98 Å². The van der Waals surface area contributed by atoms with Crippen LogP contribution in [0.5, 0.6) is 0 Å². The van der Waals surface area contributed by atoms with Gasteiger partial charge in [0, 0.05) is 17.0 Å². The maximum Gasteiger partial charge on any atom is 0.255 e. The SMILES string of the molecule is CCc1ccc(-c2nc(NC(=O)[C@H]3CCCO3)sc2C)cc1. The third-order valence-corrected chi connectivity index (χ3v) is 4.77. The van der Waals surface area contributed by atoms with Gasteiger partial charge in [-0.3, -0.25) is 10.1 Å². The molecule has 0 bridgehead atoms. The van der Waals surface area contributed by atoms with Gasteiger partial charge in [-0.15, -0.1) is 11.3 Å². The fraction of sp³-hybridized carbons (Fsp3) is 0.412. The minimum atomic E-state index is -0.323. The van der Waals surface area contributed by atoms with Crippen LogP contribution in [0.3, 0.4) is 0 Å². The zero-order valence-electron chi connectivity index (χ0n) is 12.9. The summed E-state index contributed by atoms with van der Waals surface area (Å²) in [6.07, 6.45) is 2.45. The summed E-state index contributed by atoms with van der Waals surface area (Å²) in [6, 6.07) is 8.43. The molecule has 3 rings (SSSR count). The molecular weight excluding hydrogens is 296 g/mol. The van der Waals surface area contributed by atoms with Crippen LogP contribution >= 0.6 is 11.3 Å². The van der Waals surface area contributed by atoms with Gasteiger partial charge in [0.05, 0.1) is 5.69 Å². The average Bonchev–Trinajstić information content (AvgIpc) is 3.17. The van der Waals surface area contributed by atoms with E-state index in [4.69, 9.17) is 4.74 Å². The van der Waals surface area contributed by atoms with E-state index in [0.717, 1.165) is 35.4 Å². The summed E-state index contributed by atoms with van der Waals surface area (Å²) in [7, 11) is 0. The van der Waals surface area contributed by atoms with Gasteiger partial charge in [-0.05, 0) is 31.7 Å². The van der Waals surface area contributed by atoms with Crippen LogP contribution in [0, 0.1) is 6.92 Å². The van der Waals surface area contributed by atoms with Gasteiger partial charge < -0.3 is 4.74 Å². The molecule has 2 aromatic rings. The van der Waals surface area contributed by atoms with Gasteiger partial charge in [-0.2, -0.15) is 0 Å². The van der Waals surface area contributed by atoms with E-state index in [9.17, 15) is 4.79 Å². The molecule has 0 spiro atoms. The fourth-order valence-corrected chi connectivity index (χ4v) is 3.43. The van der Waals surface area contributed by atoms with Gasteiger partial charge in [-0.1, -0.05) is 31.2 Å². The number of ether oxygens (including phenoxy) is 1. The van der Waals surface area contributed by atoms with E-state index in [0.29, 0.717) is 11.7 Å². The van der Waals surface area contributed by atoms with Crippen molar-refractivity contribution in [3.8, 4) is 11.3 Å². The third-order valence-electron chi connectivity index (χ3n) is 3.88. The predicted molar refractivity (Wildman–Crippen MR) is 89.3 cm³/mol. The van der Waals surface area contributed by atoms with Crippen LogP contribution < -0.4 is 5.32 Å². The minimum Gasteiger partial charge on any atom is -0.368 e. The monoisotopic (exact) mass is 316 g/mol. The summed E-state index contributed by atoms with van der Waals surface area (Å²) in [5.74, 6) is -0.0841. The van der Waals surface area contributed by atoms with Crippen molar-refractivity contribution in [1.29, 1.82) is 0 Å². The molecule has 5 heteroatoms. The van der Waals surface area contributed by atoms with E-state index < -0.39 is 0 Å². The highest BCUT2D eigenvalue weighted by Gasteiger charge is 2.24. The van der Waals surface area contributed by atoms with Crippen LogP contribution in [-0.4, -0.2) is 23.6 Å². The van der Waals surface area contributed by atoms with Crippen molar-refractivity contribution in [2.24, 2.45) is 0 Å². The number of rotatable bonds is 4. The predicted octanol–water partition coefficient (Wildman–Crippen LogP) is 3.80. The molecule has 0 aliphatic carbocycles. The zero-order chi connectivity index (χ0) is 15.5. The lowest BCUT2D eigenvalue weighted by Crippen LogP contribution is -2.26. The Kier molecular flexibility index (Phi) is 4.55. The van der Waals surface area contributed by atoms with Crippen molar-refractivity contribution in [2.45, 2.75) is 39.2 Å². The van der Waals surface area contributed by atoms with Crippen LogP contribution in [0.4, 0.5) is 5.13 Å². The number of hydrogen-bond acceptors (Lipinski definition) is 4. The molecule has 1 amide bonds. The molecule has 1 aromatic heterocycles. The first-order chi connectivity index (χ1) is 10.7. The van der Waals surface area contributed by atoms with Crippen LogP contribution in [0.1, 0.15) is 30.2 Å². The van der Waals surface area contributed by atoms with Gasteiger partial charge in [0.2, 0.25) is 0 Å². The normalized spacial score (nSPS) is 17.6. The van der Waals surface area contributed by atoms with Crippen molar-refractivity contribution in [1.82, 2.24) is 4.98 Å². The molecule has 1 atom stereocenters. The number of nitrogens with zero attached hydrogens (tertiary/aromatic N) is 1. The number of aromatic nitrogens is 1. The number of benzene rings is 1. The molecule has 1 fully saturated rings. The summed E-state index contributed by atoms with van der Waals surface area (Å²) in [6.45, 7) is 4.84. The molecule has 0 unspecified atom stereocenters. The number of amides is 1. The molecule has 4 nitrogen and oxygen atoms in total. The lowest BCUT2D eigenvalue weighted by molar-refractivity contribution is -0.124. The number of thiazole rings is 1. The maximum atomic E-state index is 12.1. The number of carbonyl (C=O) groups excluding carboxylic acids is 1. The smallest absolute Gasteiger partial charge is 0.255 e. The van der Waals surface area contributed by atoms with E-state index >= 15 is 0 Å².